The van der Waals surface area contributed by atoms with Gasteiger partial charge < -0.3 is 24.4 Å². The van der Waals surface area contributed by atoms with Crippen LogP contribution in [-0.2, 0) is 16.0 Å². The molecule has 5 rings (SSSR count). The van der Waals surface area contributed by atoms with E-state index in [1.165, 1.54) is 0 Å². The molecular weight excluding hydrogens is 426 g/mol. The van der Waals surface area contributed by atoms with Crippen molar-refractivity contribution in [1.29, 1.82) is 0 Å². The number of ether oxygens (including phenoxy) is 3. The average Bonchev–Trinajstić information content (AvgIpc) is 3.34. The number of morpholine rings is 1. The van der Waals surface area contributed by atoms with Crippen LogP contribution in [0.3, 0.4) is 0 Å². The third-order valence-electron chi connectivity index (χ3n) is 5.77. The number of aromatic nitrogens is 1. The Balaban J connectivity index is 1.22. The van der Waals surface area contributed by atoms with Crippen LogP contribution < -0.4 is 19.7 Å². The van der Waals surface area contributed by atoms with Gasteiger partial charge in [-0.1, -0.05) is 24.3 Å². The second-order valence-corrected chi connectivity index (χ2v) is 8.68. The molecule has 1 saturated heterocycles. The molecule has 1 amide bonds. The van der Waals surface area contributed by atoms with E-state index in [-0.39, 0.29) is 11.8 Å². The first kappa shape index (κ1) is 20.8. The van der Waals surface area contributed by atoms with Gasteiger partial charge in [0.1, 0.15) is 6.61 Å². The Morgan fingerprint density at radius 2 is 2.00 bits per heavy atom. The standard InChI is InChI=1S/C24H25N3O4S/c1-29-21-4-2-3-17-13-18(14-31-22(17)21)23(28)25-19-7-5-16(6-8-19)20-15-32-24(26-20)27-9-11-30-12-10-27/h2-8,15,18H,9-14H2,1H3,(H,25,28)/t18-/m0/s1. The Kier molecular flexibility index (Phi) is 5.96. The van der Waals surface area contributed by atoms with E-state index in [9.17, 15) is 4.79 Å². The number of rotatable bonds is 5. The van der Waals surface area contributed by atoms with Gasteiger partial charge in [-0.3, -0.25) is 4.79 Å². The van der Waals surface area contributed by atoms with Crippen molar-refractivity contribution in [3.8, 4) is 22.8 Å². The predicted molar refractivity (Wildman–Crippen MR) is 125 cm³/mol. The summed E-state index contributed by atoms with van der Waals surface area (Å²) in [5, 5.41) is 6.11. The number of fused-ring (bicyclic) bond motifs is 1. The molecule has 166 valence electrons. The number of hydrogen-bond donors (Lipinski definition) is 1. The maximum Gasteiger partial charge on any atom is 0.231 e. The van der Waals surface area contributed by atoms with E-state index in [1.54, 1.807) is 18.4 Å². The molecule has 0 unspecified atom stereocenters. The zero-order valence-electron chi connectivity index (χ0n) is 17.9. The lowest BCUT2D eigenvalue weighted by molar-refractivity contribution is -0.121. The smallest absolute Gasteiger partial charge is 0.231 e. The molecular formula is C24H25N3O4S. The van der Waals surface area contributed by atoms with Crippen LogP contribution >= 0.6 is 11.3 Å². The van der Waals surface area contributed by atoms with Crippen molar-refractivity contribution in [2.24, 2.45) is 5.92 Å². The molecule has 1 N–H and O–H groups in total. The second kappa shape index (κ2) is 9.18. The lowest BCUT2D eigenvalue weighted by Crippen LogP contribution is -2.36. The molecule has 0 saturated carbocycles. The average molecular weight is 452 g/mol. The van der Waals surface area contributed by atoms with E-state index in [1.807, 2.05) is 42.5 Å². The highest BCUT2D eigenvalue weighted by Gasteiger charge is 2.28. The van der Waals surface area contributed by atoms with Gasteiger partial charge in [0.05, 0.1) is 31.9 Å². The molecule has 8 heteroatoms. The van der Waals surface area contributed by atoms with Crippen molar-refractivity contribution < 1.29 is 19.0 Å². The highest BCUT2D eigenvalue weighted by Crippen LogP contribution is 2.36. The minimum absolute atomic E-state index is 0.0468. The van der Waals surface area contributed by atoms with Crippen LogP contribution in [0, 0.1) is 5.92 Å². The first-order valence-electron chi connectivity index (χ1n) is 10.7. The topological polar surface area (TPSA) is 72.9 Å². The Morgan fingerprint density at radius 3 is 2.78 bits per heavy atom. The van der Waals surface area contributed by atoms with Gasteiger partial charge in [-0.05, 0) is 30.2 Å². The molecule has 0 spiro atoms. The zero-order valence-corrected chi connectivity index (χ0v) is 18.7. The normalized spacial score (nSPS) is 17.9. The van der Waals surface area contributed by atoms with Gasteiger partial charge in [-0.25, -0.2) is 4.98 Å². The summed E-state index contributed by atoms with van der Waals surface area (Å²) in [4.78, 5) is 19.9. The quantitative estimate of drug-likeness (QED) is 0.635. The number of para-hydroxylation sites is 1. The lowest BCUT2D eigenvalue weighted by Gasteiger charge is -2.26. The monoisotopic (exact) mass is 451 g/mol. The number of nitrogens with one attached hydrogen (secondary N) is 1. The Bertz CT molecular complexity index is 1090. The number of carbonyl (C=O) groups is 1. The molecule has 0 aliphatic carbocycles. The third kappa shape index (κ3) is 4.28. The summed E-state index contributed by atoms with van der Waals surface area (Å²) in [5.74, 6) is 1.15. The molecule has 3 aromatic rings. The maximum atomic E-state index is 12.8. The summed E-state index contributed by atoms with van der Waals surface area (Å²) in [5.41, 5.74) is 3.73. The minimum Gasteiger partial charge on any atom is -0.493 e. The van der Waals surface area contributed by atoms with Crippen LogP contribution in [-0.4, -0.2) is 50.9 Å². The lowest BCUT2D eigenvalue weighted by atomic mass is 9.95. The van der Waals surface area contributed by atoms with Crippen LogP contribution in [0.4, 0.5) is 10.8 Å². The molecule has 1 aromatic heterocycles. The van der Waals surface area contributed by atoms with Crippen molar-refractivity contribution in [2.75, 3.05) is 50.2 Å². The number of methoxy groups -OCH3 is 1. The van der Waals surface area contributed by atoms with E-state index in [0.717, 1.165) is 59.7 Å². The van der Waals surface area contributed by atoms with Crippen molar-refractivity contribution in [2.45, 2.75) is 6.42 Å². The molecule has 1 atom stereocenters. The van der Waals surface area contributed by atoms with E-state index in [2.05, 4.69) is 15.6 Å². The van der Waals surface area contributed by atoms with Gasteiger partial charge >= 0.3 is 0 Å². The van der Waals surface area contributed by atoms with Crippen molar-refractivity contribution in [3.63, 3.8) is 0 Å². The van der Waals surface area contributed by atoms with Crippen LogP contribution in [0.1, 0.15) is 5.56 Å². The summed E-state index contributed by atoms with van der Waals surface area (Å²) < 4.78 is 16.6. The zero-order chi connectivity index (χ0) is 21.9. The molecule has 2 aromatic carbocycles. The highest BCUT2D eigenvalue weighted by molar-refractivity contribution is 7.14. The number of carbonyl (C=O) groups excluding carboxylic acids is 1. The summed E-state index contributed by atoms with van der Waals surface area (Å²) in [6, 6.07) is 13.6. The summed E-state index contributed by atoms with van der Waals surface area (Å²) in [7, 11) is 1.62. The number of hydrogen-bond acceptors (Lipinski definition) is 7. The molecule has 1 fully saturated rings. The van der Waals surface area contributed by atoms with Gasteiger partial charge in [0, 0.05) is 29.7 Å². The fourth-order valence-electron chi connectivity index (χ4n) is 3.99. The molecule has 32 heavy (non-hydrogen) atoms. The maximum absolute atomic E-state index is 12.8. The van der Waals surface area contributed by atoms with E-state index in [4.69, 9.17) is 19.2 Å². The molecule has 3 heterocycles. The predicted octanol–water partition coefficient (Wildman–Crippen LogP) is 3.85. The van der Waals surface area contributed by atoms with Crippen molar-refractivity contribution in [1.82, 2.24) is 4.98 Å². The first-order chi connectivity index (χ1) is 15.7. The van der Waals surface area contributed by atoms with Crippen LogP contribution in [0.5, 0.6) is 11.5 Å². The highest BCUT2D eigenvalue weighted by atomic mass is 32.1. The molecule has 2 aliphatic rings. The summed E-state index contributed by atoms with van der Waals surface area (Å²) >= 11 is 1.65. The SMILES string of the molecule is COc1cccc2c1OC[C@@H](C(=O)Nc1ccc(-c3csc(N4CCOCC4)n3)cc1)C2. The van der Waals surface area contributed by atoms with E-state index >= 15 is 0 Å². The Morgan fingerprint density at radius 1 is 1.19 bits per heavy atom. The van der Waals surface area contributed by atoms with Crippen LogP contribution in [0.25, 0.3) is 11.3 Å². The minimum atomic E-state index is -0.246. The first-order valence-corrected chi connectivity index (χ1v) is 11.6. The molecule has 0 radical (unpaired) electrons. The van der Waals surface area contributed by atoms with Gasteiger partial charge in [-0.2, -0.15) is 0 Å². The van der Waals surface area contributed by atoms with Gasteiger partial charge in [0.2, 0.25) is 5.91 Å². The fourth-order valence-corrected chi connectivity index (χ4v) is 4.88. The number of thiazole rings is 1. The van der Waals surface area contributed by atoms with Gasteiger partial charge in [0.25, 0.3) is 0 Å². The number of benzene rings is 2. The van der Waals surface area contributed by atoms with Crippen LogP contribution in [0.15, 0.2) is 47.8 Å². The summed E-state index contributed by atoms with van der Waals surface area (Å²) in [6.07, 6.45) is 0.625. The molecule has 2 aliphatic heterocycles. The van der Waals surface area contributed by atoms with E-state index in [0.29, 0.717) is 18.8 Å². The second-order valence-electron chi connectivity index (χ2n) is 7.84. The van der Waals surface area contributed by atoms with Gasteiger partial charge in [0.15, 0.2) is 16.6 Å². The third-order valence-corrected chi connectivity index (χ3v) is 6.67. The number of nitrogens with zero attached hydrogens (tertiary/aromatic N) is 2. The van der Waals surface area contributed by atoms with Gasteiger partial charge in [-0.15, -0.1) is 11.3 Å². The molecule has 0 bridgehead atoms. The number of anilines is 2. The molecule has 7 nitrogen and oxygen atoms in total. The van der Waals surface area contributed by atoms with E-state index < -0.39 is 0 Å². The van der Waals surface area contributed by atoms with Crippen molar-refractivity contribution in [3.05, 3.63) is 53.4 Å². The largest absolute Gasteiger partial charge is 0.493 e. The Hall–Kier alpha value is -3.10. The summed E-state index contributed by atoms with van der Waals surface area (Å²) in [6.45, 7) is 3.57. The van der Waals surface area contributed by atoms with Crippen molar-refractivity contribution >= 4 is 28.1 Å². The fraction of sp³-hybridized carbons (Fsp3) is 0.333. The Labute approximate surface area is 190 Å². The number of amides is 1. The van der Waals surface area contributed by atoms with Crippen LogP contribution in [0.2, 0.25) is 0 Å².